The minimum Gasteiger partial charge on any atom is -0.243 e. The molecule has 0 aromatic carbocycles. The standard InChI is InChI=1S/C8H4BrClF2N2/c9-1-4-5(2-13)7(10)14-3-6(4)8(11)12/h3,8H,1H2. The van der Waals surface area contributed by atoms with Crippen molar-refractivity contribution in [2.45, 2.75) is 11.8 Å². The second-order valence-corrected chi connectivity index (χ2v) is 3.32. The van der Waals surface area contributed by atoms with E-state index in [1.54, 1.807) is 6.07 Å². The second-order valence-electron chi connectivity index (χ2n) is 2.40. The Balaban J connectivity index is 3.42. The second kappa shape index (κ2) is 4.67. The molecule has 0 fully saturated rings. The monoisotopic (exact) mass is 280 g/mol. The Morgan fingerprint density at radius 3 is 2.71 bits per heavy atom. The molecule has 0 aliphatic rings. The van der Waals surface area contributed by atoms with Crippen LogP contribution in [0, 0.1) is 11.3 Å². The van der Waals surface area contributed by atoms with Crippen molar-refractivity contribution in [2.24, 2.45) is 0 Å². The fourth-order valence-electron chi connectivity index (χ4n) is 0.983. The molecule has 0 N–H and O–H groups in total. The summed E-state index contributed by atoms with van der Waals surface area (Å²) in [6, 6.07) is 1.75. The molecule has 0 saturated heterocycles. The van der Waals surface area contributed by atoms with E-state index in [4.69, 9.17) is 16.9 Å². The number of rotatable bonds is 2. The zero-order valence-electron chi connectivity index (χ0n) is 6.77. The summed E-state index contributed by atoms with van der Waals surface area (Å²) in [7, 11) is 0. The molecule has 1 rings (SSSR count). The van der Waals surface area contributed by atoms with Crippen molar-refractivity contribution in [3.8, 4) is 6.07 Å². The van der Waals surface area contributed by atoms with Gasteiger partial charge in [0.2, 0.25) is 0 Å². The molecule has 14 heavy (non-hydrogen) atoms. The molecule has 6 heteroatoms. The topological polar surface area (TPSA) is 36.7 Å². The lowest BCUT2D eigenvalue weighted by atomic mass is 10.1. The zero-order valence-corrected chi connectivity index (χ0v) is 9.11. The van der Waals surface area contributed by atoms with Gasteiger partial charge in [0.15, 0.2) is 0 Å². The average molecular weight is 281 g/mol. The third-order valence-corrected chi connectivity index (χ3v) is 2.50. The molecule has 0 aliphatic heterocycles. The van der Waals surface area contributed by atoms with Crippen molar-refractivity contribution in [1.82, 2.24) is 4.98 Å². The Labute approximate surface area is 92.6 Å². The van der Waals surface area contributed by atoms with E-state index in [1.165, 1.54) is 0 Å². The Kier molecular flexibility index (Phi) is 3.78. The Morgan fingerprint density at radius 2 is 2.29 bits per heavy atom. The number of halogens is 4. The lowest BCUT2D eigenvalue weighted by Gasteiger charge is -2.07. The molecule has 2 nitrogen and oxygen atoms in total. The largest absolute Gasteiger partial charge is 0.265 e. The van der Waals surface area contributed by atoms with Crippen molar-refractivity contribution in [3.63, 3.8) is 0 Å². The van der Waals surface area contributed by atoms with Crippen LogP contribution in [0.5, 0.6) is 0 Å². The van der Waals surface area contributed by atoms with Crippen molar-refractivity contribution in [1.29, 1.82) is 5.26 Å². The van der Waals surface area contributed by atoms with Crippen LogP contribution in [-0.2, 0) is 5.33 Å². The van der Waals surface area contributed by atoms with Crippen LogP contribution in [0.3, 0.4) is 0 Å². The summed E-state index contributed by atoms with van der Waals surface area (Å²) in [4.78, 5) is 3.52. The van der Waals surface area contributed by atoms with Crippen LogP contribution in [0.1, 0.15) is 23.1 Å². The van der Waals surface area contributed by atoms with Gasteiger partial charge in [-0.05, 0) is 5.56 Å². The molecule has 0 spiro atoms. The highest BCUT2D eigenvalue weighted by atomic mass is 79.9. The minimum atomic E-state index is -2.65. The van der Waals surface area contributed by atoms with Gasteiger partial charge in [-0.1, -0.05) is 27.5 Å². The molecule has 1 aromatic rings. The number of nitriles is 1. The Hall–Kier alpha value is -0.730. The first-order valence-corrected chi connectivity index (χ1v) is 5.03. The summed E-state index contributed by atoms with van der Waals surface area (Å²) in [5.41, 5.74) is -0.0633. The van der Waals surface area contributed by atoms with Gasteiger partial charge in [0, 0.05) is 17.1 Å². The highest BCUT2D eigenvalue weighted by molar-refractivity contribution is 9.08. The first kappa shape index (κ1) is 11.3. The molecular weight excluding hydrogens is 277 g/mol. The molecule has 0 radical (unpaired) electrons. The van der Waals surface area contributed by atoms with E-state index in [9.17, 15) is 8.78 Å². The van der Waals surface area contributed by atoms with Crippen molar-refractivity contribution in [2.75, 3.05) is 0 Å². The molecule has 0 unspecified atom stereocenters. The van der Waals surface area contributed by atoms with Crippen LogP contribution in [0.25, 0.3) is 0 Å². The maximum absolute atomic E-state index is 12.4. The van der Waals surface area contributed by atoms with E-state index in [0.29, 0.717) is 0 Å². The quantitative estimate of drug-likeness (QED) is 0.615. The van der Waals surface area contributed by atoms with Gasteiger partial charge in [-0.2, -0.15) is 5.26 Å². The van der Waals surface area contributed by atoms with E-state index in [-0.39, 0.29) is 27.2 Å². The first-order chi connectivity index (χ1) is 6.61. The number of hydrogen-bond donors (Lipinski definition) is 0. The molecular formula is C8H4BrClF2N2. The summed E-state index contributed by atoms with van der Waals surface area (Å²) in [6.45, 7) is 0. The van der Waals surface area contributed by atoms with Gasteiger partial charge in [-0.25, -0.2) is 13.8 Å². The molecule has 0 saturated carbocycles. The average Bonchev–Trinajstić information content (AvgIpc) is 2.16. The Bertz CT molecular complexity index is 390. The van der Waals surface area contributed by atoms with E-state index < -0.39 is 6.43 Å². The van der Waals surface area contributed by atoms with Gasteiger partial charge >= 0.3 is 0 Å². The van der Waals surface area contributed by atoms with E-state index in [1.807, 2.05) is 0 Å². The van der Waals surface area contributed by atoms with Crippen LogP contribution in [0.2, 0.25) is 5.15 Å². The minimum absolute atomic E-state index is 0.00124. The third kappa shape index (κ3) is 2.02. The first-order valence-electron chi connectivity index (χ1n) is 3.53. The number of hydrogen-bond acceptors (Lipinski definition) is 2. The molecule has 0 bridgehead atoms. The maximum Gasteiger partial charge on any atom is 0.265 e. The fraction of sp³-hybridized carbons (Fsp3) is 0.250. The summed E-state index contributed by atoms with van der Waals surface area (Å²) < 4.78 is 24.9. The molecule has 0 aliphatic carbocycles. The number of alkyl halides is 3. The summed E-state index contributed by atoms with van der Waals surface area (Å²) >= 11 is 8.62. The number of nitrogens with zero attached hydrogens (tertiary/aromatic N) is 2. The molecule has 1 heterocycles. The molecule has 74 valence electrons. The predicted molar refractivity (Wildman–Crippen MR) is 51.6 cm³/mol. The van der Waals surface area contributed by atoms with Crippen LogP contribution < -0.4 is 0 Å². The van der Waals surface area contributed by atoms with E-state index in [0.717, 1.165) is 6.20 Å². The van der Waals surface area contributed by atoms with Gasteiger partial charge in [0.1, 0.15) is 11.2 Å². The molecule has 1 aromatic heterocycles. The van der Waals surface area contributed by atoms with Gasteiger partial charge in [-0.3, -0.25) is 0 Å². The van der Waals surface area contributed by atoms with Gasteiger partial charge in [-0.15, -0.1) is 0 Å². The summed E-state index contributed by atoms with van der Waals surface area (Å²) in [6.07, 6.45) is -1.66. The number of pyridine rings is 1. The zero-order chi connectivity index (χ0) is 10.7. The lowest BCUT2D eigenvalue weighted by molar-refractivity contribution is 0.150. The smallest absolute Gasteiger partial charge is 0.243 e. The van der Waals surface area contributed by atoms with Crippen LogP contribution in [-0.4, -0.2) is 4.98 Å². The van der Waals surface area contributed by atoms with E-state index >= 15 is 0 Å². The summed E-state index contributed by atoms with van der Waals surface area (Å²) in [5.74, 6) is 0. The predicted octanol–water partition coefficient (Wildman–Crippen LogP) is 3.44. The maximum atomic E-state index is 12.4. The van der Waals surface area contributed by atoms with Crippen LogP contribution in [0.15, 0.2) is 6.20 Å². The Morgan fingerprint density at radius 1 is 1.64 bits per heavy atom. The number of aromatic nitrogens is 1. The van der Waals surface area contributed by atoms with E-state index in [2.05, 4.69) is 20.9 Å². The lowest BCUT2D eigenvalue weighted by Crippen LogP contribution is -1.99. The van der Waals surface area contributed by atoms with Crippen molar-refractivity contribution in [3.05, 3.63) is 28.0 Å². The van der Waals surface area contributed by atoms with Gasteiger partial charge in [0.25, 0.3) is 6.43 Å². The van der Waals surface area contributed by atoms with Crippen LogP contribution >= 0.6 is 27.5 Å². The normalized spacial score (nSPS) is 10.3. The molecule has 0 atom stereocenters. The highest BCUT2D eigenvalue weighted by Gasteiger charge is 2.18. The SMILES string of the molecule is N#Cc1c(Cl)ncc(C(F)F)c1CBr. The highest BCUT2D eigenvalue weighted by Crippen LogP contribution is 2.29. The van der Waals surface area contributed by atoms with Gasteiger partial charge in [0.05, 0.1) is 5.56 Å². The third-order valence-electron chi connectivity index (χ3n) is 1.65. The fourth-order valence-corrected chi connectivity index (χ4v) is 1.79. The summed E-state index contributed by atoms with van der Waals surface area (Å²) in [5, 5.41) is 8.80. The van der Waals surface area contributed by atoms with Crippen LogP contribution in [0.4, 0.5) is 8.78 Å². The van der Waals surface area contributed by atoms with Crippen molar-refractivity contribution >= 4 is 27.5 Å². The van der Waals surface area contributed by atoms with Crippen molar-refractivity contribution < 1.29 is 8.78 Å². The van der Waals surface area contributed by atoms with Gasteiger partial charge < -0.3 is 0 Å². The molecule has 0 amide bonds.